The number of benzene rings is 2. The van der Waals surface area contributed by atoms with Crippen LogP contribution in [0.1, 0.15) is 32.6 Å². The van der Waals surface area contributed by atoms with Gasteiger partial charge in [-0.2, -0.15) is 13.2 Å². The maximum atomic E-state index is 12.9. The lowest BCUT2D eigenvalue weighted by Crippen LogP contribution is -2.13. The lowest BCUT2D eigenvalue weighted by molar-refractivity contribution is -0.137. The average Bonchev–Trinajstić information content (AvgIpc) is 3.12. The van der Waals surface area contributed by atoms with Crippen molar-refractivity contribution >= 4 is 17.3 Å². The minimum absolute atomic E-state index is 0.290. The molecule has 4 nitrogen and oxygen atoms in total. The van der Waals surface area contributed by atoms with Crippen LogP contribution in [0.4, 0.5) is 24.5 Å². The summed E-state index contributed by atoms with van der Waals surface area (Å²) in [4.78, 5) is 17.7. The molecule has 1 aromatic heterocycles. The maximum absolute atomic E-state index is 12.9. The van der Waals surface area contributed by atoms with Crippen LogP contribution in [0.25, 0.3) is 0 Å². The number of halogens is 3. The number of hydrogen-bond donors (Lipinski definition) is 1. The maximum Gasteiger partial charge on any atom is 0.416 e. The molecule has 0 fully saturated rings. The fourth-order valence-corrected chi connectivity index (χ4v) is 3.71. The normalized spacial score (nSPS) is 13.4. The molecule has 1 aliphatic rings. The van der Waals surface area contributed by atoms with Crippen molar-refractivity contribution in [2.45, 2.75) is 19.0 Å². The summed E-state index contributed by atoms with van der Waals surface area (Å²) in [5.41, 5.74) is 3.34. The Morgan fingerprint density at radius 3 is 2.62 bits per heavy atom. The lowest BCUT2D eigenvalue weighted by Gasteiger charge is -2.20. The first kappa shape index (κ1) is 19.0. The summed E-state index contributed by atoms with van der Waals surface area (Å²) in [6, 6.07) is 12.3. The second kappa shape index (κ2) is 7.24. The summed E-state index contributed by atoms with van der Waals surface area (Å²) in [7, 11) is 0. The van der Waals surface area contributed by atoms with Crippen LogP contribution < -0.4 is 4.90 Å². The summed E-state index contributed by atoms with van der Waals surface area (Å²) in [6.07, 6.45) is -0.139. The Balaban J connectivity index is 1.62. The Bertz CT molecular complexity index is 1080. The van der Waals surface area contributed by atoms with Crippen molar-refractivity contribution in [1.82, 2.24) is 4.98 Å². The van der Waals surface area contributed by atoms with Crippen molar-refractivity contribution in [3.63, 3.8) is 0 Å². The van der Waals surface area contributed by atoms with Crippen LogP contribution in [0.3, 0.4) is 0 Å². The Kier molecular flexibility index (Phi) is 4.74. The second-order valence-electron chi connectivity index (χ2n) is 6.94. The monoisotopic (exact) mass is 398 g/mol. The molecule has 0 aliphatic carbocycles. The Labute approximate surface area is 165 Å². The smallest absolute Gasteiger partial charge is 0.416 e. The molecule has 2 aromatic carbocycles. The first-order valence-corrected chi connectivity index (χ1v) is 9.06. The van der Waals surface area contributed by atoms with Crippen molar-refractivity contribution in [2.75, 3.05) is 11.4 Å². The van der Waals surface area contributed by atoms with Gasteiger partial charge in [0, 0.05) is 18.4 Å². The van der Waals surface area contributed by atoms with Crippen LogP contribution in [0.5, 0.6) is 0 Å². The molecule has 0 bridgehead atoms. The number of carboxylic acids is 1. The highest BCUT2D eigenvalue weighted by molar-refractivity contribution is 5.92. The van der Waals surface area contributed by atoms with Gasteiger partial charge in [0.2, 0.25) is 0 Å². The first-order chi connectivity index (χ1) is 13.8. The minimum Gasteiger partial charge on any atom is -0.478 e. The third-order valence-corrected chi connectivity index (χ3v) is 5.01. The van der Waals surface area contributed by atoms with Crippen LogP contribution in [0.15, 0.2) is 60.9 Å². The number of anilines is 2. The van der Waals surface area contributed by atoms with Gasteiger partial charge in [0.25, 0.3) is 0 Å². The number of pyridine rings is 1. The molecule has 0 unspecified atom stereocenters. The second-order valence-corrected chi connectivity index (χ2v) is 6.94. The highest BCUT2D eigenvalue weighted by Crippen LogP contribution is 2.36. The van der Waals surface area contributed by atoms with E-state index in [9.17, 15) is 23.1 Å². The predicted molar refractivity (Wildman–Crippen MR) is 103 cm³/mol. The third-order valence-electron chi connectivity index (χ3n) is 5.01. The predicted octanol–water partition coefficient (Wildman–Crippen LogP) is 5.08. The third kappa shape index (κ3) is 3.81. The summed E-state index contributed by atoms with van der Waals surface area (Å²) < 4.78 is 38.8. The molecule has 148 valence electrons. The van der Waals surface area contributed by atoms with E-state index in [-0.39, 0.29) is 5.56 Å². The number of carboxylic acid groups (broad SMARTS) is 1. The zero-order valence-electron chi connectivity index (χ0n) is 15.3. The topological polar surface area (TPSA) is 53.4 Å². The summed E-state index contributed by atoms with van der Waals surface area (Å²) >= 11 is 0. The number of hydrogen-bond acceptors (Lipinski definition) is 3. The van der Waals surface area contributed by atoms with E-state index in [1.807, 2.05) is 17.0 Å². The van der Waals surface area contributed by atoms with E-state index in [0.29, 0.717) is 24.9 Å². The number of rotatable bonds is 4. The number of alkyl halides is 3. The van der Waals surface area contributed by atoms with Crippen LogP contribution >= 0.6 is 0 Å². The van der Waals surface area contributed by atoms with Gasteiger partial charge in [-0.3, -0.25) is 4.98 Å². The number of aromatic nitrogens is 1. The molecule has 1 aliphatic heterocycles. The molecule has 0 saturated carbocycles. The average molecular weight is 398 g/mol. The summed E-state index contributed by atoms with van der Waals surface area (Å²) in [5.74, 6) is -0.958. The van der Waals surface area contributed by atoms with Gasteiger partial charge in [-0.05, 0) is 53.8 Å². The van der Waals surface area contributed by atoms with Gasteiger partial charge in [0.1, 0.15) is 0 Å². The molecular weight excluding hydrogens is 381 g/mol. The molecule has 0 atom stereocenters. The van der Waals surface area contributed by atoms with Crippen molar-refractivity contribution in [2.24, 2.45) is 0 Å². The highest BCUT2D eigenvalue weighted by Gasteiger charge is 2.30. The fraction of sp³-hybridized carbons (Fsp3) is 0.182. The molecule has 7 heteroatoms. The molecule has 2 heterocycles. The molecular formula is C22H17F3N2O2. The molecule has 4 rings (SSSR count). The van der Waals surface area contributed by atoms with E-state index in [2.05, 4.69) is 4.98 Å². The Hall–Kier alpha value is -3.35. The number of aromatic carboxylic acids is 1. The van der Waals surface area contributed by atoms with Gasteiger partial charge in [0.15, 0.2) is 0 Å². The van der Waals surface area contributed by atoms with E-state index in [1.54, 1.807) is 30.6 Å². The summed E-state index contributed by atoms with van der Waals surface area (Å²) in [5, 5.41) is 9.38. The van der Waals surface area contributed by atoms with E-state index in [1.165, 1.54) is 6.07 Å². The van der Waals surface area contributed by atoms with Crippen molar-refractivity contribution < 1.29 is 23.1 Å². The van der Waals surface area contributed by atoms with Gasteiger partial charge >= 0.3 is 12.1 Å². The van der Waals surface area contributed by atoms with Crippen LogP contribution in [-0.2, 0) is 19.0 Å². The Morgan fingerprint density at radius 1 is 1.07 bits per heavy atom. The molecule has 0 amide bonds. The summed E-state index contributed by atoms with van der Waals surface area (Å²) in [6.45, 7) is 0.619. The largest absolute Gasteiger partial charge is 0.478 e. The minimum atomic E-state index is -4.38. The number of carbonyl (C=O) groups is 1. The molecule has 0 spiro atoms. The molecule has 29 heavy (non-hydrogen) atoms. The molecule has 0 radical (unpaired) electrons. The van der Waals surface area contributed by atoms with Crippen LogP contribution in [0, 0.1) is 0 Å². The van der Waals surface area contributed by atoms with E-state index in [0.717, 1.165) is 34.6 Å². The fourth-order valence-electron chi connectivity index (χ4n) is 3.71. The first-order valence-electron chi connectivity index (χ1n) is 9.06. The van der Waals surface area contributed by atoms with Crippen molar-refractivity contribution in [3.05, 3.63) is 88.7 Å². The standard InChI is InChI=1S/C22H17F3N2O2/c23-22(24,25)16-4-1-3-14(10-16)9-15-11-17(13-26-12-15)27-8-7-18-19(21(28)29)5-2-6-20(18)27/h1-6,10-13H,7-9H2,(H,28,29). The van der Waals surface area contributed by atoms with Gasteiger partial charge in [0.05, 0.1) is 23.0 Å². The van der Waals surface area contributed by atoms with Crippen molar-refractivity contribution in [1.29, 1.82) is 0 Å². The van der Waals surface area contributed by atoms with E-state index >= 15 is 0 Å². The van der Waals surface area contributed by atoms with Crippen LogP contribution in [-0.4, -0.2) is 22.6 Å². The van der Waals surface area contributed by atoms with Gasteiger partial charge in [-0.15, -0.1) is 0 Å². The molecule has 0 saturated heterocycles. The number of nitrogens with zero attached hydrogens (tertiary/aromatic N) is 2. The lowest BCUT2D eigenvalue weighted by atomic mass is 10.0. The van der Waals surface area contributed by atoms with E-state index < -0.39 is 17.7 Å². The molecule has 1 N–H and O–H groups in total. The van der Waals surface area contributed by atoms with Gasteiger partial charge in [-0.1, -0.05) is 24.3 Å². The zero-order valence-corrected chi connectivity index (χ0v) is 15.3. The van der Waals surface area contributed by atoms with E-state index in [4.69, 9.17) is 0 Å². The Morgan fingerprint density at radius 2 is 1.86 bits per heavy atom. The van der Waals surface area contributed by atoms with Crippen molar-refractivity contribution in [3.8, 4) is 0 Å². The molecule has 3 aromatic rings. The number of fused-ring (bicyclic) bond motifs is 1. The van der Waals surface area contributed by atoms with Crippen LogP contribution in [0.2, 0.25) is 0 Å². The SMILES string of the molecule is O=C(O)c1cccc2c1CCN2c1cncc(Cc2cccc(C(F)(F)F)c2)c1. The van der Waals surface area contributed by atoms with Gasteiger partial charge < -0.3 is 10.0 Å². The zero-order chi connectivity index (χ0) is 20.6. The quantitative estimate of drug-likeness (QED) is 0.666. The highest BCUT2D eigenvalue weighted by atomic mass is 19.4. The van der Waals surface area contributed by atoms with Gasteiger partial charge in [-0.25, -0.2) is 4.79 Å².